The van der Waals surface area contributed by atoms with Gasteiger partial charge in [-0.2, -0.15) is 13.9 Å². The van der Waals surface area contributed by atoms with Crippen LogP contribution >= 0.6 is 15.9 Å². The molecule has 31 heavy (non-hydrogen) atoms. The molecule has 0 saturated heterocycles. The molecule has 158 valence electrons. The fraction of sp³-hybridized carbons (Fsp3) is 0.0909. The summed E-state index contributed by atoms with van der Waals surface area (Å²) in [5.41, 5.74) is 1.68. The van der Waals surface area contributed by atoms with Crippen molar-refractivity contribution >= 4 is 38.6 Å². The summed E-state index contributed by atoms with van der Waals surface area (Å²) in [6.07, 6.45) is 0. The third-order valence-corrected chi connectivity index (χ3v) is 4.98. The van der Waals surface area contributed by atoms with Crippen molar-refractivity contribution in [3.8, 4) is 11.5 Å². The zero-order valence-corrected chi connectivity index (χ0v) is 17.5. The van der Waals surface area contributed by atoms with E-state index in [1.807, 2.05) is 0 Å². The number of H-pyrrole nitrogens is 1. The van der Waals surface area contributed by atoms with E-state index < -0.39 is 6.61 Å². The van der Waals surface area contributed by atoms with Crippen LogP contribution < -0.4 is 14.8 Å². The Labute approximate surface area is 184 Å². The van der Waals surface area contributed by atoms with E-state index in [-0.39, 0.29) is 18.3 Å². The number of anilines is 1. The second-order valence-corrected chi connectivity index (χ2v) is 7.43. The van der Waals surface area contributed by atoms with Gasteiger partial charge in [-0.05, 0) is 48.5 Å². The molecule has 9 heteroatoms. The maximum Gasteiger partial charge on any atom is 0.387 e. The van der Waals surface area contributed by atoms with Crippen LogP contribution in [0, 0.1) is 0 Å². The van der Waals surface area contributed by atoms with Gasteiger partial charge in [-0.25, -0.2) is 0 Å². The van der Waals surface area contributed by atoms with Crippen LogP contribution in [0.5, 0.6) is 11.5 Å². The zero-order chi connectivity index (χ0) is 21.8. The molecule has 1 amide bonds. The Morgan fingerprint density at radius 3 is 2.65 bits per heavy atom. The molecule has 0 atom stereocenters. The lowest BCUT2D eigenvalue weighted by atomic mass is 10.2. The predicted molar refractivity (Wildman–Crippen MR) is 116 cm³/mol. The molecule has 3 aromatic carbocycles. The molecule has 0 spiro atoms. The van der Waals surface area contributed by atoms with Gasteiger partial charge in [0.1, 0.15) is 18.1 Å². The molecule has 0 radical (unpaired) electrons. The number of fused-ring (bicyclic) bond motifs is 1. The first-order valence-electron chi connectivity index (χ1n) is 9.20. The number of ether oxygens (including phenoxy) is 2. The molecule has 0 unspecified atom stereocenters. The summed E-state index contributed by atoms with van der Waals surface area (Å²) in [6, 6.07) is 18.6. The molecule has 4 rings (SSSR count). The van der Waals surface area contributed by atoms with Crippen molar-refractivity contribution in [2.75, 3.05) is 5.32 Å². The number of nitrogens with one attached hydrogen (secondary N) is 2. The number of hydrogen-bond acceptors (Lipinski definition) is 4. The Bertz CT molecular complexity index is 1210. The Morgan fingerprint density at radius 2 is 1.87 bits per heavy atom. The molecule has 0 saturated carbocycles. The molecule has 0 aliphatic carbocycles. The van der Waals surface area contributed by atoms with Gasteiger partial charge in [-0.3, -0.25) is 9.89 Å². The molecule has 0 fully saturated rings. The monoisotopic (exact) mass is 487 g/mol. The number of carbonyl (C=O) groups is 1. The minimum Gasteiger partial charge on any atom is -0.489 e. The Balaban J connectivity index is 1.51. The van der Waals surface area contributed by atoms with Crippen LogP contribution in [0.3, 0.4) is 0 Å². The average molecular weight is 488 g/mol. The predicted octanol–water partition coefficient (Wildman–Crippen LogP) is 5.76. The first-order valence-corrected chi connectivity index (χ1v) is 9.99. The van der Waals surface area contributed by atoms with Crippen molar-refractivity contribution in [2.24, 2.45) is 0 Å². The van der Waals surface area contributed by atoms with E-state index in [1.54, 1.807) is 60.7 Å². The number of rotatable bonds is 7. The first kappa shape index (κ1) is 20.8. The molecule has 4 aromatic rings. The summed E-state index contributed by atoms with van der Waals surface area (Å²) in [7, 11) is 0. The van der Waals surface area contributed by atoms with E-state index in [0.717, 1.165) is 4.47 Å². The number of benzene rings is 3. The third-order valence-electron chi connectivity index (χ3n) is 4.46. The normalized spacial score (nSPS) is 11.0. The van der Waals surface area contributed by atoms with Crippen molar-refractivity contribution in [3.05, 3.63) is 82.3 Å². The number of nitrogens with zero attached hydrogens (tertiary/aromatic N) is 1. The lowest BCUT2D eigenvalue weighted by molar-refractivity contribution is -0.0508. The molecule has 6 nitrogen and oxygen atoms in total. The van der Waals surface area contributed by atoms with Gasteiger partial charge in [0.15, 0.2) is 5.82 Å². The maximum atomic E-state index is 12.6. The number of halogens is 3. The third kappa shape index (κ3) is 5.00. The number of aromatic nitrogens is 2. The minimum atomic E-state index is -2.92. The van der Waals surface area contributed by atoms with Gasteiger partial charge < -0.3 is 14.8 Å². The smallest absolute Gasteiger partial charge is 0.387 e. The van der Waals surface area contributed by atoms with E-state index in [0.29, 0.717) is 33.6 Å². The molecule has 1 aromatic heterocycles. The molecular formula is C22H16BrF2N3O3. The topological polar surface area (TPSA) is 76.2 Å². The highest BCUT2D eigenvalue weighted by Gasteiger charge is 2.13. The van der Waals surface area contributed by atoms with Gasteiger partial charge in [0, 0.05) is 21.0 Å². The van der Waals surface area contributed by atoms with Crippen LogP contribution in [-0.2, 0) is 6.61 Å². The van der Waals surface area contributed by atoms with Crippen LogP contribution in [0.4, 0.5) is 14.6 Å². The van der Waals surface area contributed by atoms with E-state index in [4.69, 9.17) is 4.74 Å². The Morgan fingerprint density at radius 1 is 1.10 bits per heavy atom. The van der Waals surface area contributed by atoms with Crippen LogP contribution in [0.2, 0.25) is 0 Å². The second kappa shape index (κ2) is 9.13. The van der Waals surface area contributed by atoms with Crippen LogP contribution in [0.15, 0.2) is 71.2 Å². The summed E-state index contributed by atoms with van der Waals surface area (Å²) < 4.78 is 36.3. The number of carbonyl (C=O) groups excluding carboxylic acids is 1. The van der Waals surface area contributed by atoms with Crippen LogP contribution in [0.25, 0.3) is 10.9 Å². The fourth-order valence-corrected chi connectivity index (χ4v) is 3.22. The van der Waals surface area contributed by atoms with Gasteiger partial charge >= 0.3 is 6.61 Å². The summed E-state index contributed by atoms with van der Waals surface area (Å²) >= 11 is 3.34. The lowest BCUT2D eigenvalue weighted by Gasteiger charge is -2.12. The molecule has 0 aliphatic rings. The SMILES string of the molecule is O=C(Nc1n[nH]c2ccc(OCc3ccccc3OC(F)F)cc12)c1ccc(Br)cc1. The van der Waals surface area contributed by atoms with Gasteiger partial charge in [0.2, 0.25) is 0 Å². The molecular weight excluding hydrogens is 472 g/mol. The van der Waals surface area contributed by atoms with Crippen LogP contribution in [0.1, 0.15) is 15.9 Å². The summed E-state index contributed by atoms with van der Waals surface area (Å²) in [6.45, 7) is -2.88. The number of para-hydroxylation sites is 1. The summed E-state index contributed by atoms with van der Waals surface area (Å²) in [4.78, 5) is 12.5. The maximum absolute atomic E-state index is 12.6. The summed E-state index contributed by atoms with van der Waals surface area (Å²) in [5.74, 6) is 0.601. The van der Waals surface area contributed by atoms with Gasteiger partial charge in [-0.15, -0.1) is 0 Å². The quantitative estimate of drug-likeness (QED) is 0.347. The molecule has 2 N–H and O–H groups in total. The number of aromatic amines is 1. The fourth-order valence-electron chi connectivity index (χ4n) is 2.95. The number of hydrogen-bond donors (Lipinski definition) is 2. The lowest BCUT2D eigenvalue weighted by Crippen LogP contribution is -2.12. The first-order chi connectivity index (χ1) is 15.0. The standard InChI is InChI=1S/C22H16BrF2N3O3/c23-15-7-5-13(6-8-15)21(29)26-20-17-11-16(9-10-18(17)27-28-20)30-12-14-3-1-2-4-19(14)31-22(24)25/h1-11,22H,12H2,(H2,26,27,28,29). The summed E-state index contributed by atoms with van der Waals surface area (Å²) in [5, 5.41) is 10.4. The largest absolute Gasteiger partial charge is 0.489 e. The molecule has 0 bridgehead atoms. The number of amides is 1. The average Bonchev–Trinajstić information content (AvgIpc) is 3.15. The molecule has 1 heterocycles. The van der Waals surface area contributed by atoms with Gasteiger partial charge in [0.25, 0.3) is 5.91 Å². The van der Waals surface area contributed by atoms with Gasteiger partial charge in [-0.1, -0.05) is 34.1 Å². The number of alkyl halides is 2. The molecule has 0 aliphatic heterocycles. The van der Waals surface area contributed by atoms with Crippen LogP contribution in [-0.4, -0.2) is 22.7 Å². The van der Waals surface area contributed by atoms with E-state index in [9.17, 15) is 13.6 Å². The zero-order valence-electron chi connectivity index (χ0n) is 15.9. The Hall–Kier alpha value is -3.46. The minimum absolute atomic E-state index is 0.0346. The second-order valence-electron chi connectivity index (χ2n) is 6.52. The van der Waals surface area contributed by atoms with E-state index in [1.165, 1.54) is 6.07 Å². The van der Waals surface area contributed by atoms with Crippen molar-refractivity contribution in [1.82, 2.24) is 10.2 Å². The highest BCUT2D eigenvalue weighted by molar-refractivity contribution is 9.10. The van der Waals surface area contributed by atoms with E-state index in [2.05, 4.69) is 36.2 Å². The Kier molecular flexibility index (Phi) is 6.13. The highest BCUT2D eigenvalue weighted by Crippen LogP contribution is 2.28. The van der Waals surface area contributed by atoms with Crippen molar-refractivity contribution < 1.29 is 23.0 Å². The highest BCUT2D eigenvalue weighted by atomic mass is 79.9. The van der Waals surface area contributed by atoms with Crippen molar-refractivity contribution in [2.45, 2.75) is 13.2 Å². The van der Waals surface area contributed by atoms with E-state index >= 15 is 0 Å². The van der Waals surface area contributed by atoms with Crippen molar-refractivity contribution in [1.29, 1.82) is 0 Å². The van der Waals surface area contributed by atoms with Crippen molar-refractivity contribution in [3.63, 3.8) is 0 Å². The van der Waals surface area contributed by atoms with Gasteiger partial charge in [0.05, 0.1) is 5.52 Å².